The molecule has 1 heterocycles. The van der Waals surface area contributed by atoms with Crippen LogP contribution in [0.4, 0.5) is 11.4 Å². The van der Waals surface area contributed by atoms with Crippen LogP contribution in [0.5, 0.6) is 0 Å². The smallest absolute Gasteiger partial charge is 0.307 e. The number of benzene rings is 1. The second-order valence-corrected chi connectivity index (χ2v) is 7.19. The molecule has 0 bridgehead atoms. The molecule has 1 saturated carbocycles. The van der Waals surface area contributed by atoms with E-state index in [1.54, 1.807) is 30.9 Å². The van der Waals surface area contributed by atoms with Crippen LogP contribution in [-0.2, 0) is 25.5 Å². The number of hydrogen-bond donors (Lipinski definition) is 2. The van der Waals surface area contributed by atoms with Crippen molar-refractivity contribution in [1.82, 2.24) is 0 Å². The van der Waals surface area contributed by atoms with Crippen molar-refractivity contribution in [3.05, 3.63) is 23.8 Å². The Bertz CT molecular complexity index is 743. The molecule has 2 N–H and O–H groups in total. The number of methoxy groups -OCH3 is 1. The maximum atomic E-state index is 12.4. The van der Waals surface area contributed by atoms with Crippen LogP contribution in [0.15, 0.2) is 18.2 Å². The topological polar surface area (TPSA) is 95.9 Å². The third-order valence-electron chi connectivity index (χ3n) is 5.18. The van der Waals surface area contributed by atoms with E-state index in [1.807, 2.05) is 6.07 Å². The number of nitrogens with zero attached hydrogens (tertiary/aromatic N) is 1. The highest BCUT2D eigenvalue weighted by molar-refractivity contribution is 6.01. The molecule has 0 radical (unpaired) electrons. The van der Waals surface area contributed by atoms with E-state index in [2.05, 4.69) is 5.32 Å². The van der Waals surface area contributed by atoms with Gasteiger partial charge in [-0.1, -0.05) is 13.8 Å². The number of fused-ring (bicyclic) bond motifs is 1. The van der Waals surface area contributed by atoms with Crippen LogP contribution in [0.2, 0.25) is 0 Å². The zero-order valence-electron chi connectivity index (χ0n) is 14.5. The predicted molar refractivity (Wildman–Crippen MR) is 91.2 cm³/mol. The minimum atomic E-state index is -0.940. The van der Waals surface area contributed by atoms with Gasteiger partial charge < -0.3 is 15.2 Å². The summed E-state index contributed by atoms with van der Waals surface area (Å²) in [5.41, 5.74) is 1.82. The number of amides is 2. The molecule has 1 aliphatic carbocycles. The summed E-state index contributed by atoms with van der Waals surface area (Å²) in [7, 11) is 1.53. The first-order valence-corrected chi connectivity index (χ1v) is 8.23. The SMILES string of the molecule is COCN1C(=O)CCc2cc(NC(=O)[C@@H]3[C@H](C(=O)O)C3(C)C)ccc21. The van der Waals surface area contributed by atoms with Crippen molar-refractivity contribution in [2.45, 2.75) is 26.7 Å². The van der Waals surface area contributed by atoms with Crippen molar-refractivity contribution in [2.75, 3.05) is 24.1 Å². The highest BCUT2D eigenvalue weighted by Gasteiger charge is 2.65. The molecule has 1 aliphatic heterocycles. The molecule has 1 aromatic carbocycles. The van der Waals surface area contributed by atoms with E-state index in [0.29, 0.717) is 18.5 Å². The number of carboxylic acids is 1. The Labute approximate surface area is 146 Å². The van der Waals surface area contributed by atoms with Gasteiger partial charge in [0.1, 0.15) is 6.73 Å². The molecular formula is C18H22N2O5. The number of aliphatic carboxylic acids is 1. The molecule has 3 rings (SSSR count). The number of anilines is 2. The van der Waals surface area contributed by atoms with Gasteiger partial charge in [0, 0.05) is 24.9 Å². The minimum absolute atomic E-state index is 0.00941. The Morgan fingerprint density at radius 2 is 2.04 bits per heavy atom. The van der Waals surface area contributed by atoms with Gasteiger partial charge in [0.25, 0.3) is 0 Å². The first-order chi connectivity index (χ1) is 11.8. The number of aryl methyl sites for hydroxylation is 1. The van der Waals surface area contributed by atoms with Crippen molar-refractivity contribution >= 4 is 29.2 Å². The standard InChI is InChI=1S/C18H22N2O5/c1-18(2)14(15(18)17(23)24)16(22)19-11-5-6-12-10(8-11)4-7-13(21)20(12)9-25-3/h5-6,8,14-15H,4,7,9H2,1-3H3,(H,19,22)(H,23,24)/t14-,15+/m0/s1. The Hall–Kier alpha value is -2.41. The lowest BCUT2D eigenvalue weighted by Crippen LogP contribution is -2.36. The number of nitrogens with one attached hydrogen (secondary N) is 1. The third-order valence-corrected chi connectivity index (χ3v) is 5.18. The third kappa shape index (κ3) is 3.00. The van der Waals surface area contributed by atoms with Gasteiger partial charge in [-0.05, 0) is 35.6 Å². The summed E-state index contributed by atoms with van der Waals surface area (Å²) in [5, 5.41) is 12.0. The zero-order valence-corrected chi connectivity index (χ0v) is 14.5. The molecule has 134 valence electrons. The maximum absolute atomic E-state index is 12.4. The fourth-order valence-electron chi connectivity index (χ4n) is 3.72. The quantitative estimate of drug-likeness (QED) is 0.848. The van der Waals surface area contributed by atoms with Gasteiger partial charge in [-0.3, -0.25) is 19.3 Å². The molecular weight excluding hydrogens is 324 g/mol. The van der Waals surface area contributed by atoms with Crippen LogP contribution in [0, 0.1) is 17.3 Å². The highest BCUT2D eigenvalue weighted by Crippen LogP contribution is 2.58. The molecule has 1 aromatic rings. The molecule has 7 heteroatoms. The Morgan fingerprint density at radius 3 is 2.64 bits per heavy atom. The lowest BCUT2D eigenvalue weighted by molar-refractivity contribution is -0.140. The van der Waals surface area contributed by atoms with Gasteiger partial charge in [-0.25, -0.2) is 0 Å². The van der Waals surface area contributed by atoms with E-state index in [9.17, 15) is 19.5 Å². The summed E-state index contributed by atoms with van der Waals surface area (Å²) < 4.78 is 5.08. The van der Waals surface area contributed by atoms with E-state index >= 15 is 0 Å². The predicted octanol–water partition coefficient (Wildman–Crippen LogP) is 1.86. The average molecular weight is 346 g/mol. The molecule has 0 aromatic heterocycles. The van der Waals surface area contributed by atoms with E-state index in [0.717, 1.165) is 11.3 Å². The van der Waals surface area contributed by atoms with Crippen LogP contribution >= 0.6 is 0 Å². The number of carbonyl (C=O) groups excluding carboxylic acids is 2. The molecule has 7 nitrogen and oxygen atoms in total. The molecule has 2 amide bonds. The largest absolute Gasteiger partial charge is 0.481 e. The van der Waals surface area contributed by atoms with Crippen molar-refractivity contribution in [1.29, 1.82) is 0 Å². The summed E-state index contributed by atoms with van der Waals surface area (Å²) in [4.78, 5) is 37.2. The monoisotopic (exact) mass is 346 g/mol. The number of hydrogen-bond acceptors (Lipinski definition) is 4. The van der Waals surface area contributed by atoms with E-state index in [1.165, 1.54) is 7.11 Å². The average Bonchev–Trinajstić information content (AvgIpc) is 3.13. The van der Waals surface area contributed by atoms with Gasteiger partial charge in [-0.15, -0.1) is 0 Å². The summed E-state index contributed by atoms with van der Waals surface area (Å²) in [6, 6.07) is 5.35. The summed E-state index contributed by atoms with van der Waals surface area (Å²) in [5.74, 6) is -2.40. The van der Waals surface area contributed by atoms with E-state index < -0.39 is 23.2 Å². The van der Waals surface area contributed by atoms with Crippen molar-refractivity contribution in [3.8, 4) is 0 Å². The molecule has 2 aliphatic rings. The molecule has 0 spiro atoms. The number of rotatable bonds is 5. The number of ether oxygens (including phenoxy) is 1. The maximum Gasteiger partial charge on any atom is 0.307 e. The van der Waals surface area contributed by atoms with Crippen LogP contribution < -0.4 is 10.2 Å². The van der Waals surface area contributed by atoms with Gasteiger partial charge in [0.15, 0.2) is 0 Å². The second-order valence-electron chi connectivity index (χ2n) is 7.19. The Kier molecular flexibility index (Phi) is 4.28. The summed E-state index contributed by atoms with van der Waals surface area (Å²) in [6.45, 7) is 3.77. The van der Waals surface area contributed by atoms with Gasteiger partial charge in [-0.2, -0.15) is 0 Å². The van der Waals surface area contributed by atoms with Gasteiger partial charge in [0.05, 0.1) is 11.8 Å². The second kappa shape index (κ2) is 6.15. The Balaban J connectivity index is 1.76. The normalized spacial score (nSPS) is 23.8. The highest BCUT2D eigenvalue weighted by atomic mass is 16.5. The molecule has 25 heavy (non-hydrogen) atoms. The Morgan fingerprint density at radius 1 is 1.32 bits per heavy atom. The molecule has 0 saturated heterocycles. The summed E-state index contributed by atoms with van der Waals surface area (Å²) in [6.07, 6.45) is 0.995. The first kappa shape index (κ1) is 17.4. The van der Waals surface area contributed by atoms with E-state index in [-0.39, 0.29) is 18.5 Å². The van der Waals surface area contributed by atoms with Crippen molar-refractivity contribution < 1.29 is 24.2 Å². The number of carboxylic acid groups (broad SMARTS) is 1. The van der Waals surface area contributed by atoms with Crippen LogP contribution in [0.3, 0.4) is 0 Å². The minimum Gasteiger partial charge on any atom is -0.481 e. The molecule has 2 atom stereocenters. The molecule has 1 fully saturated rings. The van der Waals surface area contributed by atoms with Gasteiger partial charge in [0.2, 0.25) is 11.8 Å². The van der Waals surface area contributed by atoms with E-state index in [4.69, 9.17) is 4.74 Å². The fourth-order valence-corrected chi connectivity index (χ4v) is 3.72. The lowest BCUT2D eigenvalue weighted by atomic mass is 10.0. The lowest BCUT2D eigenvalue weighted by Gasteiger charge is -2.29. The zero-order chi connectivity index (χ0) is 18.4. The van der Waals surface area contributed by atoms with Crippen LogP contribution in [-0.4, -0.2) is 36.7 Å². The van der Waals surface area contributed by atoms with Crippen LogP contribution in [0.25, 0.3) is 0 Å². The fraction of sp³-hybridized carbons (Fsp3) is 0.500. The van der Waals surface area contributed by atoms with Crippen molar-refractivity contribution in [2.24, 2.45) is 17.3 Å². The first-order valence-electron chi connectivity index (χ1n) is 8.23. The van der Waals surface area contributed by atoms with Gasteiger partial charge >= 0.3 is 5.97 Å². The van der Waals surface area contributed by atoms with Crippen molar-refractivity contribution in [3.63, 3.8) is 0 Å². The number of carbonyl (C=O) groups is 3. The molecule has 0 unspecified atom stereocenters. The summed E-state index contributed by atoms with van der Waals surface area (Å²) >= 11 is 0. The van der Waals surface area contributed by atoms with Crippen LogP contribution in [0.1, 0.15) is 25.8 Å².